The zero-order valence-corrected chi connectivity index (χ0v) is 22.1. The van der Waals surface area contributed by atoms with E-state index in [0.717, 1.165) is 36.3 Å². The molecule has 1 aromatic heterocycles. The van der Waals surface area contributed by atoms with Crippen LogP contribution in [0.3, 0.4) is 0 Å². The Balaban J connectivity index is 1.67. The van der Waals surface area contributed by atoms with Crippen LogP contribution in [0.1, 0.15) is 52.0 Å². The number of nitrogens with zero attached hydrogens (tertiary/aromatic N) is 2. The minimum atomic E-state index is -0.954. The highest BCUT2D eigenvalue weighted by Gasteiger charge is 2.30. The molecule has 0 saturated heterocycles. The molecular formula is C24H33N3O3S3. The zero-order chi connectivity index (χ0) is 24.0. The molecule has 2 N–H and O–H groups in total. The van der Waals surface area contributed by atoms with Crippen LogP contribution in [0.4, 0.5) is 9.93 Å². The lowest BCUT2D eigenvalue weighted by atomic mass is 9.86. The molecule has 3 rings (SSSR count). The van der Waals surface area contributed by atoms with Crippen LogP contribution in [0.15, 0.2) is 39.6 Å². The fourth-order valence-corrected chi connectivity index (χ4v) is 6.54. The van der Waals surface area contributed by atoms with Crippen molar-refractivity contribution in [2.75, 3.05) is 18.1 Å². The number of amides is 2. The van der Waals surface area contributed by atoms with Gasteiger partial charge in [-0.25, -0.2) is 9.78 Å². The Hall–Kier alpha value is -1.71. The number of hydrogen-bond donors (Lipinski definition) is 2. The molecule has 1 aliphatic carbocycles. The number of carboxylic acid groups (broad SMARTS) is 1. The first-order valence-electron chi connectivity index (χ1n) is 11.3. The van der Waals surface area contributed by atoms with Gasteiger partial charge in [0.1, 0.15) is 4.75 Å². The highest BCUT2D eigenvalue weighted by molar-refractivity contribution is 8.03. The van der Waals surface area contributed by atoms with Gasteiger partial charge < -0.3 is 10.0 Å². The lowest BCUT2D eigenvalue weighted by Gasteiger charge is -2.36. The van der Waals surface area contributed by atoms with Crippen LogP contribution in [0.2, 0.25) is 0 Å². The predicted molar refractivity (Wildman–Crippen MR) is 139 cm³/mol. The summed E-state index contributed by atoms with van der Waals surface area (Å²) < 4.78 is -0.186. The van der Waals surface area contributed by atoms with E-state index in [0.29, 0.717) is 17.6 Å². The highest BCUT2D eigenvalue weighted by Crippen LogP contribution is 2.37. The number of thiazole rings is 1. The minimum Gasteiger partial charge on any atom is -0.480 e. The molecule has 0 bridgehead atoms. The van der Waals surface area contributed by atoms with Gasteiger partial charge in [-0.1, -0.05) is 42.2 Å². The molecule has 1 saturated carbocycles. The Labute approximate surface area is 208 Å². The highest BCUT2D eigenvalue weighted by atomic mass is 32.2. The number of thioether (sulfide) groups is 2. The number of nitrogens with one attached hydrogen (secondary N) is 1. The zero-order valence-electron chi connectivity index (χ0n) is 19.7. The first-order chi connectivity index (χ1) is 15.7. The van der Waals surface area contributed by atoms with Crippen molar-refractivity contribution in [2.24, 2.45) is 5.92 Å². The summed E-state index contributed by atoms with van der Waals surface area (Å²) in [7, 11) is 0. The second kappa shape index (κ2) is 11.6. The number of rotatable bonds is 9. The maximum atomic E-state index is 13.3. The number of carbonyl (C=O) groups is 2. The van der Waals surface area contributed by atoms with Crippen molar-refractivity contribution in [1.29, 1.82) is 0 Å². The van der Waals surface area contributed by atoms with Crippen molar-refractivity contribution in [3.63, 3.8) is 0 Å². The number of anilines is 1. The molecule has 33 heavy (non-hydrogen) atoms. The Morgan fingerprint density at radius 3 is 2.48 bits per heavy atom. The summed E-state index contributed by atoms with van der Waals surface area (Å²) in [6.07, 6.45) is 8.82. The van der Waals surface area contributed by atoms with Crippen LogP contribution < -0.4 is 5.32 Å². The van der Waals surface area contributed by atoms with Gasteiger partial charge in [-0.2, -0.15) is 0 Å². The van der Waals surface area contributed by atoms with Crippen LogP contribution in [0.25, 0.3) is 0 Å². The normalized spacial score (nSPS) is 18.7. The van der Waals surface area contributed by atoms with E-state index in [1.165, 1.54) is 33.6 Å². The standard InChI is InChI=1S/C24H33N3O3S3/c1-16-5-9-18(10-6-16)27(14-13-17-7-11-19(31-4)12-8-17)23(30)26-22-25-15-20(32-22)33-24(2,3)21(28)29/h7-8,11-12,15-16,18H,5-6,9-10,13-14H2,1-4H3,(H,28,29)(H,25,26,30)/t16-,18-. The Bertz CT molecular complexity index is 938. The Kier molecular flexibility index (Phi) is 9.12. The second-order valence-corrected chi connectivity index (χ2v) is 12.9. The van der Waals surface area contributed by atoms with Gasteiger partial charge in [0.15, 0.2) is 5.13 Å². The summed E-state index contributed by atoms with van der Waals surface area (Å²) in [6, 6.07) is 8.63. The number of benzene rings is 1. The molecule has 0 radical (unpaired) electrons. The molecule has 1 aromatic carbocycles. The number of hydrogen-bond acceptors (Lipinski definition) is 6. The van der Waals surface area contributed by atoms with Gasteiger partial charge in [-0.05, 0) is 75.8 Å². The van der Waals surface area contributed by atoms with Crippen molar-refractivity contribution in [1.82, 2.24) is 9.88 Å². The summed E-state index contributed by atoms with van der Waals surface area (Å²) in [6.45, 7) is 6.26. The number of aromatic nitrogens is 1. The van der Waals surface area contributed by atoms with Crippen molar-refractivity contribution < 1.29 is 14.7 Å². The largest absolute Gasteiger partial charge is 0.480 e. The van der Waals surface area contributed by atoms with Crippen LogP contribution in [0, 0.1) is 5.92 Å². The Morgan fingerprint density at radius 2 is 1.88 bits per heavy atom. The smallest absolute Gasteiger partial charge is 0.323 e. The number of urea groups is 1. The molecule has 180 valence electrons. The average molecular weight is 508 g/mol. The third kappa shape index (κ3) is 7.39. The van der Waals surface area contributed by atoms with Gasteiger partial charge in [0, 0.05) is 17.5 Å². The van der Waals surface area contributed by atoms with Gasteiger partial charge in [-0.15, -0.1) is 11.8 Å². The summed E-state index contributed by atoms with van der Waals surface area (Å²) in [5.41, 5.74) is 1.22. The molecule has 0 spiro atoms. The summed E-state index contributed by atoms with van der Waals surface area (Å²) in [5.74, 6) is -0.170. The lowest BCUT2D eigenvalue weighted by molar-refractivity contribution is -0.138. The van der Waals surface area contributed by atoms with Gasteiger partial charge in [0.2, 0.25) is 0 Å². The molecule has 0 atom stereocenters. The SMILES string of the molecule is CSc1ccc(CCN(C(=O)Nc2ncc(SC(C)(C)C(=O)O)s2)[C@H]2CC[C@H](C)CC2)cc1. The first kappa shape index (κ1) is 25.9. The van der Waals surface area contributed by atoms with E-state index in [1.807, 2.05) is 4.90 Å². The van der Waals surface area contributed by atoms with Crippen molar-refractivity contribution in [3.8, 4) is 0 Å². The van der Waals surface area contributed by atoms with E-state index in [1.54, 1.807) is 31.8 Å². The number of carbonyl (C=O) groups excluding carboxylic acids is 1. The first-order valence-corrected chi connectivity index (χ1v) is 14.1. The minimum absolute atomic E-state index is 0.126. The van der Waals surface area contributed by atoms with Crippen LogP contribution >= 0.6 is 34.9 Å². The number of carboxylic acids is 1. The predicted octanol–water partition coefficient (Wildman–Crippen LogP) is 6.48. The summed E-state index contributed by atoms with van der Waals surface area (Å²) in [5, 5.41) is 12.8. The molecule has 9 heteroatoms. The lowest BCUT2D eigenvalue weighted by Crippen LogP contribution is -2.45. The molecule has 2 aromatic rings. The van der Waals surface area contributed by atoms with Gasteiger partial charge in [-0.3, -0.25) is 10.1 Å². The molecule has 1 heterocycles. The van der Waals surface area contributed by atoms with E-state index in [4.69, 9.17) is 0 Å². The number of aliphatic carboxylic acids is 1. The fraction of sp³-hybridized carbons (Fsp3) is 0.542. The molecule has 0 unspecified atom stereocenters. The maximum Gasteiger partial charge on any atom is 0.323 e. The third-order valence-corrected chi connectivity index (χ3v) is 9.00. The van der Waals surface area contributed by atoms with Crippen molar-refractivity contribution in [3.05, 3.63) is 36.0 Å². The van der Waals surface area contributed by atoms with Gasteiger partial charge in [0.25, 0.3) is 0 Å². The van der Waals surface area contributed by atoms with Gasteiger partial charge in [0.05, 0.1) is 10.4 Å². The summed E-state index contributed by atoms with van der Waals surface area (Å²) >= 11 is 4.28. The van der Waals surface area contributed by atoms with Crippen LogP contribution in [-0.2, 0) is 11.2 Å². The fourth-order valence-electron chi connectivity index (χ4n) is 3.87. The molecule has 1 aliphatic rings. The molecular weight excluding hydrogens is 474 g/mol. The van der Waals surface area contributed by atoms with E-state index in [-0.39, 0.29) is 12.1 Å². The molecule has 6 nitrogen and oxygen atoms in total. The summed E-state index contributed by atoms with van der Waals surface area (Å²) in [4.78, 5) is 32.2. The Morgan fingerprint density at radius 1 is 1.21 bits per heavy atom. The monoisotopic (exact) mass is 507 g/mol. The average Bonchev–Trinajstić information content (AvgIpc) is 3.21. The van der Waals surface area contributed by atoms with E-state index >= 15 is 0 Å². The van der Waals surface area contributed by atoms with Crippen LogP contribution in [0.5, 0.6) is 0 Å². The van der Waals surface area contributed by atoms with E-state index < -0.39 is 10.7 Å². The molecule has 2 amide bonds. The van der Waals surface area contributed by atoms with Crippen molar-refractivity contribution >= 4 is 52.0 Å². The van der Waals surface area contributed by atoms with Crippen molar-refractivity contribution in [2.45, 2.75) is 72.8 Å². The third-order valence-electron chi connectivity index (χ3n) is 6.06. The van der Waals surface area contributed by atoms with E-state index in [2.05, 4.69) is 47.7 Å². The second-order valence-electron chi connectivity index (χ2n) is 9.04. The van der Waals surface area contributed by atoms with Gasteiger partial charge >= 0.3 is 12.0 Å². The maximum absolute atomic E-state index is 13.3. The van der Waals surface area contributed by atoms with E-state index in [9.17, 15) is 14.7 Å². The quantitative estimate of drug-likeness (QED) is 0.378. The molecule has 1 fully saturated rings. The van der Waals surface area contributed by atoms with Crippen LogP contribution in [-0.4, -0.2) is 50.6 Å². The topological polar surface area (TPSA) is 82.5 Å². The molecule has 0 aliphatic heterocycles.